The molecule has 0 atom stereocenters. The van der Waals surface area contributed by atoms with Gasteiger partial charge in [-0.1, -0.05) is 6.07 Å². The van der Waals surface area contributed by atoms with E-state index in [0.717, 1.165) is 6.07 Å². The molecule has 0 spiro atoms. The van der Waals surface area contributed by atoms with Gasteiger partial charge in [0.15, 0.2) is 0 Å². The zero-order chi connectivity index (χ0) is 15.0. The number of hydrogen-bond acceptors (Lipinski definition) is 3. The van der Waals surface area contributed by atoms with Gasteiger partial charge in [-0.2, -0.15) is 13.2 Å². The fraction of sp³-hybridized carbons (Fsp3) is 0.571. The summed E-state index contributed by atoms with van der Waals surface area (Å²) in [6, 6.07) is 4.12. The van der Waals surface area contributed by atoms with Gasteiger partial charge in [-0.05, 0) is 31.7 Å². The number of nitrogens with one attached hydrogen (secondary N) is 1. The number of alkyl halides is 3. The average molecular weight is 291 g/mol. The highest BCUT2D eigenvalue weighted by atomic mass is 19.4. The molecule has 0 saturated carbocycles. The van der Waals surface area contributed by atoms with Crippen LogP contribution in [0.25, 0.3) is 0 Å². The van der Waals surface area contributed by atoms with E-state index in [4.69, 9.17) is 9.47 Å². The molecule has 0 unspecified atom stereocenters. The minimum absolute atomic E-state index is 0.131. The zero-order valence-corrected chi connectivity index (χ0v) is 11.7. The van der Waals surface area contributed by atoms with Crippen LogP contribution >= 0.6 is 0 Å². The molecule has 3 nitrogen and oxygen atoms in total. The highest BCUT2D eigenvalue weighted by Crippen LogP contribution is 2.36. The van der Waals surface area contributed by atoms with Crippen molar-refractivity contribution in [1.82, 2.24) is 5.32 Å². The minimum atomic E-state index is -4.42. The average Bonchev–Trinajstić information content (AvgIpc) is 2.39. The van der Waals surface area contributed by atoms with Gasteiger partial charge in [-0.25, -0.2) is 0 Å². The molecule has 1 aromatic rings. The number of benzene rings is 1. The van der Waals surface area contributed by atoms with E-state index in [1.165, 1.54) is 6.07 Å². The van der Waals surface area contributed by atoms with Gasteiger partial charge in [0.1, 0.15) is 5.75 Å². The van der Waals surface area contributed by atoms with Crippen LogP contribution < -0.4 is 10.1 Å². The van der Waals surface area contributed by atoms with Crippen LogP contribution in [0.4, 0.5) is 13.2 Å². The summed E-state index contributed by atoms with van der Waals surface area (Å²) in [4.78, 5) is 0. The van der Waals surface area contributed by atoms with Gasteiger partial charge in [0.25, 0.3) is 0 Å². The molecule has 0 radical (unpaired) electrons. The fourth-order valence-corrected chi connectivity index (χ4v) is 1.73. The van der Waals surface area contributed by atoms with Crippen LogP contribution in [0.15, 0.2) is 18.2 Å². The van der Waals surface area contributed by atoms with E-state index in [1.807, 2.05) is 6.92 Å². The second kappa shape index (κ2) is 8.11. The van der Waals surface area contributed by atoms with Crippen LogP contribution in [-0.2, 0) is 17.5 Å². The van der Waals surface area contributed by atoms with Crippen molar-refractivity contribution in [2.24, 2.45) is 0 Å². The Hall–Kier alpha value is -1.27. The van der Waals surface area contributed by atoms with Crippen LogP contribution in [0.1, 0.15) is 24.5 Å². The maximum Gasteiger partial charge on any atom is 0.419 e. The Morgan fingerprint density at radius 1 is 1.20 bits per heavy atom. The molecule has 0 heterocycles. The standard InChI is InChI=1S/C14H20F3NO2/c1-3-19-7-4-8-20-13-6-5-11(10-18-2)9-12(13)14(15,16)17/h5-6,9,18H,3-4,7-8,10H2,1-2H3. The lowest BCUT2D eigenvalue weighted by molar-refractivity contribution is -0.139. The van der Waals surface area contributed by atoms with Gasteiger partial charge >= 0.3 is 6.18 Å². The highest BCUT2D eigenvalue weighted by Gasteiger charge is 2.34. The lowest BCUT2D eigenvalue weighted by atomic mass is 10.1. The Kier molecular flexibility index (Phi) is 6.81. The molecule has 0 aromatic heterocycles. The topological polar surface area (TPSA) is 30.5 Å². The SMILES string of the molecule is CCOCCCOc1ccc(CNC)cc1C(F)(F)F. The Labute approximate surface area is 117 Å². The van der Waals surface area contributed by atoms with Crippen LogP contribution in [0.2, 0.25) is 0 Å². The molecule has 0 bridgehead atoms. The Morgan fingerprint density at radius 3 is 2.55 bits per heavy atom. The molecular formula is C14H20F3NO2. The summed E-state index contributed by atoms with van der Waals surface area (Å²) in [6.45, 7) is 3.52. The first-order chi connectivity index (χ1) is 9.49. The monoisotopic (exact) mass is 291 g/mol. The molecule has 0 saturated heterocycles. The third-order valence-corrected chi connectivity index (χ3v) is 2.62. The summed E-state index contributed by atoms with van der Waals surface area (Å²) in [7, 11) is 1.69. The lowest BCUT2D eigenvalue weighted by Crippen LogP contribution is -2.12. The third kappa shape index (κ3) is 5.38. The molecule has 1 N–H and O–H groups in total. The van der Waals surface area contributed by atoms with Crippen molar-refractivity contribution in [3.8, 4) is 5.75 Å². The molecule has 1 aromatic carbocycles. The third-order valence-electron chi connectivity index (χ3n) is 2.62. The molecule has 0 aliphatic rings. The Balaban J connectivity index is 2.73. The zero-order valence-electron chi connectivity index (χ0n) is 11.7. The number of halogens is 3. The molecule has 0 aliphatic heterocycles. The second-order valence-corrected chi connectivity index (χ2v) is 4.26. The van der Waals surface area contributed by atoms with Crippen molar-refractivity contribution in [3.05, 3.63) is 29.3 Å². The van der Waals surface area contributed by atoms with E-state index in [9.17, 15) is 13.2 Å². The quantitative estimate of drug-likeness (QED) is 0.746. The van der Waals surface area contributed by atoms with Gasteiger partial charge < -0.3 is 14.8 Å². The minimum Gasteiger partial charge on any atom is -0.493 e. The first-order valence-corrected chi connectivity index (χ1v) is 6.54. The van der Waals surface area contributed by atoms with Gasteiger partial charge in [0.2, 0.25) is 0 Å². The van der Waals surface area contributed by atoms with E-state index >= 15 is 0 Å². The summed E-state index contributed by atoms with van der Waals surface area (Å²) in [5.74, 6) is -0.131. The van der Waals surface area contributed by atoms with Gasteiger partial charge in [-0.3, -0.25) is 0 Å². The molecule has 6 heteroatoms. The van der Waals surface area contributed by atoms with Crippen molar-refractivity contribution in [3.63, 3.8) is 0 Å². The van der Waals surface area contributed by atoms with E-state index in [2.05, 4.69) is 5.32 Å². The maximum absolute atomic E-state index is 13.0. The van der Waals surface area contributed by atoms with E-state index < -0.39 is 11.7 Å². The van der Waals surface area contributed by atoms with E-state index in [1.54, 1.807) is 13.1 Å². The van der Waals surface area contributed by atoms with Gasteiger partial charge in [-0.15, -0.1) is 0 Å². The van der Waals surface area contributed by atoms with Gasteiger partial charge in [0, 0.05) is 26.2 Å². The van der Waals surface area contributed by atoms with E-state index in [-0.39, 0.29) is 12.4 Å². The summed E-state index contributed by atoms with van der Waals surface area (Å²) in [5.41, 5.74) is -0.164. The van der Waals surface area contributed by atoms with E-state index in [0.29, 0.717) is 31.7 Å². The van der Waals surface area contributed by atoms with Crippen LogP contribution in [0.5, 0.6) is 5.75 Å². The summed E-state index contributed by atoms with van der Waals surface area (Å²) >= 11 is 0. The second-order valence-electron chi connectivity index (χ2n) is 4.26. The number of hydrogen-bond donors (Lipinski definition) is 1. The molecule has 20 heavy (non-hydrogen) atoms. The molecule has 0 fully saturated rings. The summed E-state index contributed by atoms with van der Waals surface area (Å²) in [6.07, 6.45) is -3.86. The maximum atomic E-state index is 13.0. The fourth-order valence-electron chi connectivity index (χ4n) is 1.73. The summed E-state index contributed by atoms with van der Waals surface area (Å²) in [5, 5.41) is 2.82. The predicted molar refractivity (Wildman–Crippen MR) is 70.8 cm³/mol. The Bertz CT molecular complexity index is 408. The molecule has 1 rings (SSSR count). The van der Waals surface area contributed by atoms with Crippen molar-refractivity contribution in [2.75, 3.05) is 26.9 Å². The highest BCUT2D eigenvalue weighted by molar-refractivity contribution is 5.39. The summed E-state index contributed by atoms with van der Waals surface area (Å²) < 4.78 is 49.3. The van der Waals surface area contributed by atoms with Crippen molar-refractivity contribution in [1.29, 1.82) is 0 Å². The molecule has 114 valence electrons. The molecule has 0 amide bonds. The Morgan fingerprint density at radius 2 is 1.95 bits per heavy atom. The number of rotatable bonds is 8. The first kappa shape index (κ1) is 16.8. The smallest absolute Gasteiger partial charge is 0.419 e. The molecule has 0 aliphatic carbocycles. The largest absolute Gasteiger partial charge is 0.493 e. The van der Waals surface area contributed by atoms with Crippen molar-refractivity contribution in [2.45, 2.75) is 26.1 Å². The first-order valence-electron chi connectivity index (χ1n) is 6.54. The van der Waals surface area contributed by atoms with Crippen molar-refractivity contribution >= 4 is 0 Å². The normalized spacial score (nSPS) is 11.7. The molecular weight excluding hydrogens is 271 g/mol. The lowest BCUT2D eigenvalue weighted by Gasteiger charge is -2.15. The van der Waals surface area contributed by atoms with Crippen LogP contribution in [-0.4, -0.2) is 26.9 Å². The number of ether oxygens (including phenoxy) is 2. The predicted octanol–water partition coefficient (Wildman–Crippen LogP) is 3.23. The van der Waals surface area contributed by atoms with Gasteiger partial charge in [0.05, 0.1) is 12.2 Å². The van der Waals surface area contributed by atoms with Crippen molar-refractivity contribution < 1.29 is 22.6 Å². The van der Waals surface area contributed by atoms with Crippen LogP contribution in [0.3, 0.4) is 0 Å². The van der Waals surface area contributed by atoms with Crippen LogP contribution in [0, 0.1) is 0 Å².